The summed E-state index contributed by atoms with van der Waals surface area (Å²) in [6, 6.07) is 52.3. The standard InChI is InChI=1S/C44H36N2/c1-3-17-37(18-4-1)45(43-23-11-15-35-13-7-9-21-41(35)43)39-29-25-33(26-30-39)34-27-31-40(32-28-34)46(38-19-5-2-6-20-38)44-24-12-16-36-14-8-10-22-42(36)44/h1-27,29,31-32,34,39H,28,30H2. The van der Waals surface area contributed by atoms with E-state index in [9.17, 15) is 0 Å². The predicted molar refractivity (Wildman–Crippen MR) is 196 cm³/mol. The number of para-hydroxylation sites is 2. The van der Waals surface area contributed by atoms with E-state index in [1.54, 1.807) is 0 Å². The van der Waals surface area contributed by atoms with Crippen molar-refractivity contribution in [3.8, 4) is 0 Å². The van der Waals surface area contributed by atoms with Crippen molar-refractivity contribution in [2.24, 2.45) is 5.92 Å². The molecule has 222 valence electrons. The normalized spacial score (nSPS) is 17.5. The highest BCUT2D eigenvalue weighted by atomic mass is 15.2. The van der Waals surface area contributed by atoms with Crippen LogP contribution in [0, 0.1) is 5.92 Å². The van der Waals surface area contributed by atoms with Gasteiger partial charge in [0.05, 0.1) is 11.7 Å². The first-order valence-corrected chi connectivity index (χ1v) is 16.3. The molecular formula is C44H36N2. The van der Waals surface area contributed by atoms with Crippen LogP contribution in [0.2, 0.25) is 0 Å². The van der Waals surface area contributed by atoms with Crippen molar-refractivity contribution in [3.63, 3.8) is 0 Å². The van der Waals surface area contributed by atoms with Crippen LogP contribution in [0.4, 0.5) is 22.7 Å². The highest BCUT2D eigenvalue weighted by Gasteiger charge is 2.25. The summed E-state index contributed by atoms with van der Waals surface area (Å²) in [5.74, 6) is 0.355. The van der Waals surface area contributed by atoms with Crippen LogP contribution in [0.1, 0.15) is 12.8 Å². The fraction of sp³-hybridized carbons (Fsp3) is 0.0909. The smallest absolute Gasteiger partial charge is 0.0560 e. The van der Waals surface area contributed by atoms with Crippen molar-refractivity contribution < 1.29 is 0 Å². The lowest BCUT2D eigenvalue weighted by Gasteiger charge is -2.35. The van der Waals surface area contributed by atoms with Crippen LogP contribution in [0.25, 0.3) is 21.5 Å². The Bertz CT molecular complexity index is 2110. The Hall–Kier alpha value is -5.60. The zero-order valence-corrected chi connectivity index (χ0v) is 25.8. The first kappa shape index (κ1) is 27.9. The topological polar surface area (TPSA) is 6.48 Å². The second-order valence-corrected chi connectivity index (χ2v) is 12.1. The van der Waals surface area contributed by atoms with Gasteiger partial charge in [0.1, 0.15) is 0 Å². The van der Waals surface area contributed by atoms with Crippen molar-refractivity contribution in [1.29, 1.82) is 0 Å². The molecule has 2 atom stereocenters. The van der Waals surface area contributed by atoms with Crippen LogP contribution in [0.5, 0.6) is 0 Å². The van der Waals surface area contributed by atoms with Crippen LogP contribution in [0.3, 0.4) is 0 Å². The van der Waals surface area contributed by atoms with Gasteiger partial charge >= 0.3 is 0 Å². The second kappa shape index (κ2) is 12.4. The van der Waals surface area contributed by atoms with Crippen LogP contribution < -0.4 is 9.80 Å². The molecule has 0 aliphatic heterocycles. The van der Waals surface area contributed by atoms with Gasteiger partial charge in [-0.05, 0) is 71.7 Å². The molecule has 2 heteroatoms. The second-order valence-electron chi connectivity index (χ2n) is 12.1. The fourth-order valence-electron chi connectivity index (χ4n) is 7.04. The van der Waals surface area contributed by atoms with Crippen molar-refractivity contribution in [2.45, 2.75) is 18.9 Å². The molecule has 0 N–H and O–H groups in total. The molecule has 0 saturated carbocycles. The van der Waals surface area contributed by atoms with Gasteiger partial charge in [-0.2, -0.15) is 0 Å². The van der Waals surface area contributed by atoms with Gasteiger partial charge < -0.3 is 9.80 Å². The largest absolute Gasteiger partial charge is 0.334 e. The Kier molecular flexibility index (Phi) is 7.54. The van der Waals surface area contributed by atoms with E-state index in [4.69, 9.17) is 0 Å². The summed E-state index contributed by atoms with van der Waals surface area (Å²) in [5, 5.41) is 5.04. The predicted octanol–water partition coefficient (Wildman–Crippen LogP) is 11.7. The molecule has 2 aliphatic rings. The summed E-state index contributed by atoms with van der Waals surface area (Å²) in [7, 11) is 0. The average Bonchev–Trinajstić information content (AvgIpc) is 3.14. The maximum absolute atomic E-state index is 2.50. The summed E-state index contributed by atoms with van der Waals surface area (Å²) in [4.78, 5) is 4.90. The van der Waals surface area contributed by atoms with Gasteiger partial charge in [0.15, 0.2) is 0 Å². The number of hydrogen-bond acceptors (Lipinski definition) is 2. The quantitative estimate of drug-likeness (QED) is 0.182. The summed E-state index contributed by atoms with van der Waals surface area (Å²) in [5.41, 5.74) is 7.43. The van der Waals surface area contributed by atoms with Gasteiger partial charge in [-0.25, -0.2) is 0 Å². The molecule has 6 aromatic carbocycles. The van der Waals surface area contributed by atoms with Crippen LogP contribution in [0.15, 0.2) is 193 Å². The van der Waals surface area contributed by atoms with Crippen molar-refractivity contribution in [1.82, 2.24) is 0 Å². The third-order valence-electron chi connectivity index (χ3n) is 9.29. The van der Waals surface area contributed by atoms with E-state index < -0.39 is 0 Å². The maximum atomic E-state index is 2.50. The van der Waals surface area contributed by atoms with Gasteiger partial charge in [0.2, 0.25) is 0 Å². The monoisotopic (exact) mass is 592 g/mol. The van der Waals surface area contributed by atoms with Crippen LogP contribution in [-0.4, -0.2) is 6.04 Å². The minimum atomic E-state index is 0.232. The molecular weight excluding hydrogens is 556 g/mol. The molecule has 0 aromatic heterocycles. The number of nitrogens with zero attached hydrogens (tertiary/aromatic N) is 2. The molecule has 2 aliphatic carbocycles. The van der Waals surface area contributed by atoms with Crippen molar-refractivity contribution in [3.05, 3.63) is 193 Å². The molecule has 0 bridgehead atoms. The molecule has 46 heavy (non-hydrogen) atoms. The average molecular weight is 593 g/mol. The maximum Gasteiger partial charge on any atom is 0.0560 e. The lowest BCUT2D eigenvalue weighted by Crippen LogP contribution is -2.30. The lowest BCUT2D eigenvalue weighted by molar-refractivity contribution is 0.728. The molecule has 0 heterocycles. The van der Waals surface area contributed by atoms with E-state index in [1.807, 2.05) is 0 Å². The number of fused-ring (bicyclic) bond motifs is 2. The molecule has 2 unspecified atom stereocenters. The minimum Gasteiger partial charge on any atom is -0.334 e. The molecule has 8 rings (SSSR count). The van der Waals surface area contributed by atoms with Crippen molar-refractivity contribution >= 4 is 44.3 Å². The molecule has 2 nitrogen and oxygen atoms in total. The van der Waals surface area contributed by atoms with Crippen LogP contribution in [-0.2, 0) is 0 Å². The number of hydrogen-bond donors (Lipinski definition) is 0. The minimum absolute atomic E-state index is 0.232. The SMILES string of the molecule is C1=CC(N(c2ccccc2)c2cccc3ccccc23)CC=C1C1C=CC(N(c2ccccc2)c2cccc3ccccc23)=CC1. The molecule has 0 fully saturated rings. The van der Waals surface area contributed by atoms with E-state index in [0.29, 0.717) is 5.92 Å². The van der Waals surface area contributed by atoms with E-state index in [1.165, 1.54) is 55.6 Å². The number of benzene rings is 6. The molecule has 6 aromatic rings. The third-order valence-corrected chi connectivity index (χ3v) is 9.29. The number of anilines is 4. The zero-order valence-electron chi connectivity index (χ0n) is 25.8. The van der Waals surface area contributed by atoms with Gasteiger partial charge in [-0.3, -0.25) is 0 Å². The molecule has 0 radical (unpaired) electrons. The van der Waals surface area contributed by atoms with Crippen molar-refractivity contribution in [2.75, 3.05) is 9.80 Å². The Morgan fingerprint density at radius 2 is 1.04 bits per heavy atom. The number of rotatable bonds is 7. The summed E-state index contributed by atoms with van der Waals surface area (Å²) < 4.78 is 0. The van der Waals surface area contributed by atoms with E-state index in [2.05, 4.69) is 192 Å². The third kappa shape index (κ3) is 5.33. The van der Waals surface area contributed by atoms with E-state index >= 15 is 0 Å². The summed E-state index contributed by atoms with van der Waals surface area (Å²) in [6.45, 7) is 0. The van der Waals surface area contributed by atoms with E-state index in [-0.39, 0.29) is 6.04 Å². The van der Waals surface area contributed by atoms with Crippen LogP contribution >= 0.6 is 0 Å². The molecule has 0 spiro atoms. The zero-order chi connectivity index (χ0) is 30.7. The first-order valence-electron chi connectivity index (χ1n) is 16.3. The number of allylic oxidation sites excluding steroid dienone is 5. The summed E-state index contributed by atoms with van der Waals surface area (Å²) in [6.07, 6.45) is 16.3. The fourth-order valence-corrected chi connectivity index (χ4v) is 7.04. The van der Waals surface area contributed by atoms with Gasteiger partial charge in [-0.1, -0.05) is 140 Å². The Labute approximate surface area is 271 Å². The lowest BCUT2D eigenvalue weighted by atomic mass is 9.86. The van der Waals surface area contributed by atoms with E-state index in [0.717, 1.165) is 12.8 Å². The molecule has 0 saturated heterocycles. The highest BCUT2D eigenvalue weighted by Crippen LogP contribution is 2.40. The Morgan fingerprint density at radius 1 is 0.457 bits per heavy atom. The Morgan fingerprint density at radius 3 is 1.67 bits per heavy atom. The summed E-state index contributed by atoms with van der Waals surface area (Å²) >= 11 is 0. The molecule has 0 amide bonds. The first-order chi connectivity index (χ1) is 22.8. The van der Waals surface area contributed by atoms with Gasteiger partial charge in [-0.15, -0.1) is 0 Å². The van der Waals surface area contributed by atoms with Gasteiger partial charge in [0.25, 0.3) is 0 Å². The van der Waals surface area contributed by atoms with Gasteiger partial charge in [0, 0.05) is 39.4 Å². The highest BCUT2D eigenvalue weighted by molar-refractivity contribution is 5.98. The Balaban J connectivity index is 1.07.